The molecule has 158 valence electrons. The molecule has 2 N–H and O–H groups in total. The number of aromatic nitrogens is 4. The molecule has 0 unspecified atom stereocenters. The lowest BCUT2D eigenvalue weighted by molar-refractivity contribution is -0.113. The topological polar surface area (TPSA) is 92.7 Å². The van der Waals surface area contributed by atoms with Gasteiger partial charge in [0.2, 0.25) is 5.91 Å². The van der Waals surface area contributed by atoms with Crippen LogP contribution in [0.4, 0.5) is 5.69 Å². The number of fused-ring (bicyclic) bond motifs is 1. The average Bonchev–Trinajstić information content (AvgIpc) is 3.16. The molecule has 0 aliphatic heterocycles. The van der Waals surface area contributed by atoms with Gasteiger partial charge in [-0.2, -0.15) is 5.10 Å². The standard InChI is InChI=1S/C21H17Cl2N5O2S/c1-11-4-3-5-17(12(11)2)28-19-14(9-24-28)20(30)27-21(26-19)31-10-18(29)25-13-6-7-15(22)16(23)8-13/h3-9H,10H2,1-2H3,(H,25,29)(H,26,27,30). The minimum Gasteiger partial charge on any atom is -0.325 e. The predicted molar refractivity (Wildman–Crippen MR) is 125 cm³/mol. The van der Waals surface area contributed by atoms with E-state index in [-0.39, 0.29) is 17.2 Å². The van der Waals surface area contributed by atoms with E-state index in [0.29, 0.717) is 31.9 Å². The Bertz CT molecular complexity index is 1370. The second-order valence-electron chi connectivity index (χ2n) is 6.85. The fourth-order valence-corrected chi connectivity index (χ4v) is 3.97. The summed E-state index contributed by atoms with van der Waals surface area (Å²) in [5.74, 6) is -0.221. The highest BCUT2D eigenvalue weighted by Crippen LogP contribution is 2.25. The molecule has 4 rings (SSSR count). The summed E-state index contributed by atoms with van der Waals surface area (Å²) in [6, 6.07) is 10.7. The number of aryl methyl sites for hydroxylation is 1. The molecular formula is C21H17Cl2N5O2S. The van der Waals surface area contributed by atoms with E-state index in [4.69, 9.17) is 23.2 Å². The second kappa shape index (κ2) is 8.74. The summed E-state index contributed by atoms with van der Waals surface area (Å²) in [6.07, 6.45) is 1.49. The number of aromatic amines is 1. The number of carbonyl (C=O) groups excluding carboxylic acids is 1. The molecule has 1 amide bonds. The van der Waals surface area contributed by atoms with Crippen LogP contribution in [0, 0.1) is 13.8 Å². The number of H-pyrrole nitrogens is 1. The lowest BCUT2D eigenvalue weighted by Gasteiger charge is -2.09. The molecule has 10 heteroatoms. The van der Waals surface area contributed by atoms with E-state index in [2.05, 4.69) is 20.4 Å². The third-order valence-corrected chi connectivity index (χ3v) is 6.38. The van der Waals surface area contributed by atoms with Gasteiger partial charge in [0.15, 0.2) is 10.8 Å². The van der Waals surface area contributed by atoms with Crippen molar-refractivity contribution in [3.05, 3.63) is 74.1 Å². The van der Waals surface area contributed by atoms with Crippen molar-refractivity contribution in [3.8, 4) is 5.69 Å². The van der Waals surface area contributed by atoms with E-state index in [1.165, 1.54) is 6.20 Å². The van der Waals surface area contributed by atoms with Crippen LogP contribution in [0.25, 0.3) is 16.7 Å². The molecule has 0 aliphatic rings. The SMILES string of the molecule is Cc1cccc(-n2ncc3c(=O)[nH]c(SCC(=O)Nc4ccc(Cl)c(Cl)c4)nc32)c1C. The number of nitrogens with one attached hydrogen (secondary N) is 2. The highest BCUT2D eigenvalue weighted by Gasteiger charge is 2.15. The Kier molecular flexibility index (Phi) is 6.04. The summed E-state index contributed by atoms with van der Waals surface area (Å²) < 4.78 is 1.65. The molecule has 0 bridgehead atoms. The molecule has 2 aromatic heterocycles. The predicted octanol–water partition coefficient (Wildman–Crippen LogP) is 4.76. The van der Waals surface area contributed by atoms with Crippen molar-refractivity contribution in [3.63, 3.8) is 0 Å². The Morgan fingerprint density at radius 1 is 1.19 bits per heavy atom. The number of carbonyl (C=O) groups is 1. The molecular weight excluding hydrogens is 457 g/mol. The number of amides is 1. The van der Waals surface area contributed by atoms with E-state index in [1.807, 2.05) is 32.0 Å². The van der Waals surface area contributed by atoms with E-state index >= 15 is 0 Å². The first kappa shape index (κ1) is 21.4. The van der Waals surface area contributed by atoms with Crippen molar-refractivity contribution < 1.29 is 4.79 Å². The Hall–Kier alpha value is -2.81. The number of nitrogens with zero attached hydrogens (tertiary/aromatic N) is 3. The van der Waals surface area contributed by atoms with Crippen LogP contribution in [0.3, 0.4) is 0 Å². The zero-order valence-corrected chi connectivity index (χ0v) is 18.9. The van der Waals surface area contributed by atoms with Gasteiger partial charge in [0.05, 0.1) is 27.7 Å². The number of rotatable bonds is 5. The first-order valence-corrected chi connectivity index (χ1v) is 11.0. The van der Waals surface area contributed by atoms with Crippen molar-refractivity contribution in [1.29, 1.82) is 0 Å². The van der Waals surface area contributed by atoms with Crippen molar-refractivity contribution in [2.45, 2.75) is 19.0 Å². The minimum atomic E-state index is -0.311. The fraction of sp³-hybridized carbons (Fsp3) is 0.143. The number of hydrogen-bond donors (Lipinski definition) is 2. The molecule has 0 aliphatic carbocycles. The first-order valence-electron chi connectivity index (χ1n) is 9.26. The lowest BCUT2D eigenvalue weighted by Crippen LogP contribution is -2.15. The Morgan fingerprint density at radius 2 is 2.00 bits per heavy atom. The molecule has 2 aromatic carbocycles. The van der Waals surface area contributed by atoms with Gasteiger partial charge in [0.25, 0.3) is 5.56 Å². The number of anilines is 1. The van der Waals surface area contributed by atoms with Crippen molar-refractivity contribution >= 4 is 57.6 Å². The molecule has 0 fully saturated rings. The van der Waals surface area contributed by atoms with Gasteiger partial charge in [0, 0.05) is 5.69 Å². The highest BCUT2D eigenvalue weighted by atomic mass is 35.5. The van der Waals surface area contributed by atoms with Crippen LogP contribution in [0.1, 0.15) is 11.1 Å². The maximum Gasteiger partial charge on any atom is 0.262 e. The monoisotopic (exact) mass is 473 g/mol. The molecule has 0 atom stereocenters. The van der Waals surface area contributed by atoms with Crippen LogP contribution in [-0.2, 0) is 4.79 Å². The van der Waals surface area contributed by atoms with Crippen LogP contribution in [0.2, 0.25) is 10.0 Å². The lowest BCUT2D eigenvalue weighted by atomic mass is 10.1. The number of benzene rings is 2. The summed E-state index contributed by atoms with van der Waals surface area (Å²) in [5, 5.41) is 8.56. The summed E-state index contributed by atoms with van der Waals surface area (Å²) >= 11 is 13.0. The zero-order valence-electron chi connectivity index (χ0n) is 16.6. The molecule has 0 radical (unpaired) electrons. The van der Waals surface area contributed by atoms with Gasteiger partial charge in [-0.1, -0.05) is 47.1 Å². The van der Waals surface area contributed by atoms with Crippen LogP contribution < -0.4 is 10.9 Å². The number of halogens is 2. The average molecular weight is 474 g/mol. The van der Waals surface area contributed by atoms with E-state index in [9.17, 15) is 9.59 Å². The first-order chi connectivity index (χ1) is 14.8. The number of hydrogen-bond acceptors (Lipinski definition) is 5. The zero-order chi connectivity index (χ0) is 22.1. The molecule has 0 saturated heterocycles. The van der Waals surface area contributed by atoms with Crippen molar-refractivity contribution in [2.24, 2.45) is 0 Å². The Balaban J connectivity index is 1.57. The Morgan fingerprint density at radius 3 is 2.77 bits per heavy atom. The maximum atomic E-state index is 12.5. The summed E-state index contributed by atoms with van der Waals surface area (Å²) in [4.78, 5) is 32.1. The smallest absolute Gasteiger partial charge is 0.262 e. The fourth-order valence-electron chi connectivity index (χ4n) is 3.01. The largest absolute Gasteiger partial charge is 0.325 e. The van der Waals surface area contributed by atoms with Gasteiger partial charge in [-0.15, -0.1) is 0 Å². The van der Waals surface area contributed by atoms with Crippen molar-refractivity contribution in [2.75, 3.05) is 11.1 Å². The quantitative estimate of drug-likeness (QED) is 0.321. The van der Waals surface area contributed by atoms with Crippen LogP contribution >= 0.6 is 35.0 Å². The van der Waals surface area contributed by atoms with E-state index in [1.54, 1.807) is 22.9 Å². The van der Waals surface area contributed by atoms with Gasteiger partial charge in [-0.05, 0) is 49.2 Å². The molecule has 2 heterocycles. The van der Waals surface area contributed by atoms with Crippen LogP contribution in [0.5, 0.6) is 0 Å². The molecule has 7 nitrogen and oxygen atoms in total. The second-order valence-corrected chi connectivity index (χ2v) is 8.63. The summed E-state index contributed by atoms with van der Waals surface area (Å²) in [7, 11) is 0. The molecule has 31 heavy (non-hydrogen) atoms. The summed E-state index contributed by atoms with van der Waals surface area (Å²) in [6.45, 7) is 4.01. The summed E-state index contributed by atoms with van der Waals surface area (Å²) in [5.41, 5.74) is 3.66. The number of thioether (sulfide) groups is 1. The molecule has 4 aromatic rings. The van der Waals surface area contributed by atoms with Gasteiger partial charge >= 0.3 is 0 Å². The normalized spacial score (nSPS) is 11.1. The van der Waals surface area contributed by atoms with E-state index < -0.39 is 0 Å². The van der Waals surface area contributed by atoms with E-state index in [0.717, 1.165) is 28.6 Å². The Labute approximate surface area is 191 Å². The minimum absolute atomic E-state index is 0.0479. The van der Waals surface area contributed by atoms with Crippen molar-refractivity contribution in [1.82, 2.24) is 19.7 Å². The molecule has 0 saturated carbocycles. The molecule has 0 spiro atoms. The van der Waals surface area contributed by atoms with Crippen LogP contribution in [-0.4, -0.2) is 31.4 Å². The third-order valence-electron chi connectivity index (χ3n) is 4.76. The van der Waals surface area contributed by atoms with Gasteiger partial charge in [-0.3, -0.25) is 9.59 Å². The van der Waals surface area contributed by atoms with Gasteiger partial charge in [0.1, 0.15) is 5.39 Å². The van der Waals surface area contributed by atoms with Crippen LogP contribution in [0.15, 0.2) is 52.5 Å². The van der Waals surface area contributed by atoms with Gasteiger partial charge in [-0.25, -0.2) is 9.67 Å². The highest BCUT2D eigenvalue weighted by molar-refractivity contribution is 7.99. The van der Waals surface area contributed by atoms with Gasteiger partial charge < -0.3 is 10.3 Å². The maximum absolute atomic E-state index is 12.5. The third kappa shape index (κ3) is 4.46.